The second-order valence-corrected chi connectivity index (χ2v) is 31.4. The third kappa shape index (κ3) is 18.9. The summed E-state index contributed by atoms with van der Waals surface area (Å²) in [5, 5.41) is 17.0. The molecule has 6 atom stereocenters. The maximum atomic E-state index is 16.6. The predicted molar refractivity (Wildman–Crippen MR) is 383 cm³/mol. The van der Waals surface area contributed by atoms with E-state index in [1.807, 2.05) is 72.8 Å². The number of rotatable bonds is 18. The molecule has 2 amide bonds. The third-order valence-electron chi connectivity index (χ3n) is 20.4. The van der Waals surface area contributed by atoms with Gasteiger partial charge in [-0.2, -0.15) is 53.3 Å². The number of aliphatic carboxylic acids is 2. The van der Waals surface area contributed by atoms with Crippen LogP contribution in [0.4, 0.5) is 43.9 Å². The average Bonchev–Trinajstić information content (AvgIpc) is 1.38. The predicted octanol–water partition coefficient (Wildman–Crippen LogP) is 14.8. The number of benzene rings is 8. The van der Waals surface area contributed by atoms with Crippen LogP contribution in [0.5, 0.6) is 11.5 Å². The highest BCUT2D eigenvalue weighted by atomic mass is 32.2. The normalized spacial score (nSPS) is 21.0. The van der Waals surface area contributed by atoms with Gasteiger partial charge in [0, 0.05) is 47.4 Å². The van der Waals surface area contributed by atoms with Gasteiger partial charge in [-0.25, -0.2) is 26.4 Å². The minimum absolute atomic E-state index is 0.126. The number of amides is 2. The van der Waals surface area contributed by atoms with E-state index in [1.165, 1.54) is 58.3 Å². The molecule has 108 heavy (non-hydrogen) atoms. The SMILES string of the molecule is NC1CC2CCC(C1)N2C(=O)[C@@H](NS(=O)(=O)c1ccc2cc(OC3CCCC3)ccc2c1)C(F)(F)c1ccc(-c2ccccc2)cc1.NC1CC2CCC(C1)N2C(=O)[C@H](NS(=O)(=O)c1ccc2cc(OC3CCCC3)ccc2c1)C(F)(F)c1ccc(-c2ccccc2)cc1.O=C(O)C(F)(F)F.O=C(O)C(F)(F)F. The third-order valence-corrected chi connectivity index (χ3v) is 23.3. The molecule has 4 saturated heterocycles. The highest BCUT2D eigenvalue weighted by Crippen LogP contribution is 2.44. The maximum absolute atomic E-state index is 16.6. The van der Waals surface area contributed by atoms with Crippen LogP contribution in [0.15, 0.2) is 192 Å². The van der Waals surface area contributed by atoms with Gasteiger partial charge in [-0.3, -0.25) is 9.59 Å². The number of carbonyl (C=O) groups is 4. The smallest absolute Gasteiger partial charge is 0.490 e. The van der Waals surface area contributed by atoms with Crippen molar-refractivity contribution in [3.8, 4) is 33.8 Å². The summed E-state index contributed by atoms with van der Waals surface area (Å²) >= 11 is 0. The average molecular weight is 1550 g/mol. The summed E-state index contributed by atoms with van der Waals surface area (Å²) in [7, 11) is -9.13. The van der Waals surface area contributed by atoms with Crippen LogP contribution in [0.25, 0.3) is 43.8 Å². The Morgan fingerprint density at radius 1 is 0.398 bits per heavy atom. The van der Waals surface area contributed by atoms with Crippen molar-refractivity contribution in [1.82, 2.24) is 19.2 Å². The van der Waals surface area contributed by atoms with Gasteiger partial charge in [0.2, 0.25) is 31.9 Å². The molecular weight excluding hydrogens is 1470 g/mol. The van der Waals surface area contributed by atoms with Crippen molar-refractivity contribution in [3.63, 3.8) is 0 Å². The maximum Gasteiger partial charge on any atom is 0.490 e. The zero-order valence-corrected chi connectivity index (χ0v) is 59.7. The van der Waals surface area contributed by atoms with Gasteiger partial charge < -0.3 is 41.0 Å². The number of hydrogen-bond donors (Lipinski definition) is 6. The van der Waals surface area contributed by atoms with Crippen molar-refractivity contribution >= 4 is 65.3 Å². The van der Waals surface area contributed by atoms with Gasteiger partial charge in [-0.1, -0.05) is 133 Å². The molecule has 576 valence electrons. The first-order valence-electron chi connectivity index (χ1n) is 35.3. The molecule has 6 aliphatic rings. The number of carbonyl (C=O) groups excluding carboxylic acids is 2. The second kappa shape index (κ2) is 32.9. The molecule has 4 unspecified atom stereocenters. The lowest BCUT2D eigenvalue weighted by Crippen LogP contribution is -2.60. The Hall–Kier alpha value is -9.20. The molecule has 6 fully saturated rings. The number of alkyl halides is 10. The van der Waals surface area contributed by atoms with Crippen LogP contribution in [-0.2, 0) is 51.1 Å². The summed E-state index contributed by atoms with van der Waals surface area (Å²) < 4.78 is 202. The van der Waals surface area contributed by atoms with Crippen molar-refractivity contribution in [1.29, 1.82) is 0 Å². The van der Waals surface area contributed by atoms with Crippen molar-refractivity contribution in [2.24, 2.45) is 11.5 Å². The van der Waals surface area contributed by atoms with Gasteiger partial charge >= 0.3 is 24.3 Å². The van der Waals surface area contributed by atoms with E-state index in [0.717, 1.165) is 84.4 Å². The molecule has 4 heterocycles. The number of carboxylic acids is 2. The zero-order chi connectivity index (χ0) is 77.7. The fourth-order valence-electron chi connectivity index (χ4n) is 15.1. The number of ether oxygens (including phenoxy) is 2. The Balaban J connectivity index is 0.000000183. The van der Waals surface area contributed by atoms with E-state index in [9.17, 15) is 52.8 Å². The largest absolute Gasteiger partial charge is 0.490 e. The summed E-state index contributed by atoms with van der Waals surface area (Å²) in [5.41, 5.74) is 14.7. The molecule has 2 saturated carbocycles. The molecule has 0 radical (unpaired) electrons. The van der Waals surface area contributed by atoms with E-state index in [-0.39, 0.29) is 58.2 Å². The van der Waals surface area contributed by atoms with E-state index >= 15 is 17.6 Å². The highest BCUT2D eigenvalue weighted by molar-refractivity contribution is 7.89. The summed E-state index contributed by atoms with van der Waals surface area (Å²) in [6.45, 7) is 0. The minimum Gasteiger partial charge on any atom is -0.490 e. The fourth-order valence-corrected chi connectivity index (χ4v) is 17.6. The first-order valence-corrected chi connectivity index (χ1v) is 38.3. The van der Waals surface area contributed by atoms with E-state index in [2.05, 4.69) is 9.44 Å². The Bertz CT molecular complexity index is 4420. The Kier molecular flexibility index (Phi) is 24.3. The molecule has 4 bridgehead atoms. The van der Waals surface area contributed by atoms with Gasteiger partial charge in [0.25, 0.3) is 11.8 Å². The van der Waals surface area contributed by atoms with E-state index < -0.39 is 91.2 Å². The molecule has 14 rings (SSSR count). The van der Waals surface area contributed by atoms with Crippen molar-refractivity contribution in [2.75, 3.05) is 0 Å². The van der Waals surface area contributed by atoms with E-state index in [1.54, 1.807) is 60.7 Å². The molecule has 30 heteroatoms. The lowest BCUT2D eigenvalue weighted by atomic mass is 9.94. The standard InChI is InChI=1S/2C37H39F2N3O4S.2C2HF3O2/c2*38-37(39,28-14-10-25(11-15-28)24-6-2-1-3-7-24)35(36(43)42-30-16-17-31(42)23-29(40)22-30)41-47(44,45)34-19-13-26-20-33(18-12-27(26)21-34)46-32-8-4-5-9-32;2*3-2(4,5)1(6)7/h2*1-3,6-7,10-15,18-21,29-32,35,41H,4-5,8-9,16-17,22-23,40H2;2*(H,6,7)/t2*29?,30?,31?,35-;;/m10../s1. The summed E-state index contributed by atoms with van der Waals surface area (Å²) in [6, 6.07) is 43.5. The molecule has 4 aliphatic heterocycles. The number of piperidine rings is 2. The Morgan fingerprint density at radius 2 is 0.676 bits per heavy atom. The lowest BCUT2D eigenvalue weighted by Gasteiger charge is -2.41. The Labute approximate surface area is 616 Å². The minimum atomic E-state index is -5.08. The molecule has 18 nitrogen and oxygen atoms in total. The van der Waals surface area contributed by atoms with Crippen LogP contribution in [0.3, 0.4) is 0 Å². The molecule has 8 N–H and O–H groups in total. The van der Waals surface area contributed by atoms with Crippen LogP contribution < -0.4 is 30.4 Å². The molecule has 0 aromatic heterocycles. The van der Waals surface area contributed by atoms with Gasteiger partial charge in [-0.05, 0) is 195 Å². The number of nitrogens with one attached hydrogen (secondary N) is 2. The number of nitrogens with zero attached hydrogens (tertiary/aromatic N) is 2. The first kappa shape index (κ1) is 79.8. The van der Waals surface area contributed by atoms with Gasteiger partial charge in [0.15, 0.2) is 12.1 Å². The number of fused-ring (bicyclic) bond motifs is 6. The monoisotopic (exact) mass is 1550 g/mol. The number of carboxylic acid groups (broad SMARTS) is 2. The molecule has 0 spiro atoms. The highest BCUT2D eigenvalue weighted by Gasteiger charge is 2.56. The first-order chi connectivity index (χ1) is 51.0. The van der Waals surface area contributed by atoms with Gasteiger partial charge in [0.1, 0.15) is 11.5 Å². The number of hydrogen-bond acceptors (Lipinski definition) is 12. The van der Waals surface area contributed by atoms with Gasteiger partial charge in [0.05, 0.1) is 22.0 Å². The van der Waals surface area contributed by atoms with Crippen molar-refractivity contribution in [2.45, 2.75) is 197 Å². The van der Waals surface area contributed by atoms with Crippen LogP contribution in [0.1, 0.15) is 114 Å². The fraction of sp³-hybridized carbons (Fsp3) is 0.385. The quantitative estimate of drug-likeness (QED) is 0.0436. The van der Waals surface area contributed by atoms with Crippen LogP contribution in [0.2, 0.25) is 0 Å². The number of nitrogens with two attached hydrogens (primary N) is 2. The number of sulfonamides is 2. The number of halogens is 10. The van der Waals surface area contributed by atoms with Crippen LogP contribution in [-0.4, -0.2) is 133 Å². The van der Waals surface area contributed by atoms with E-state index in [4.69, 9.17) is 40.7 Å². The molecular formula is C78H80F10N6O12S2. The molecule has 8 aromatic carbocycles. The zero-order valence-electron chi connectivity index (χ0n) is 58.0. The Morgan fingerprint density at radius 3 is 0.972 bits per heavy atom. The van der Waals surface area contributed by atoms with Crippen LogP contribution >= 0.6 is 0 Å². The van der Waals surface area contributed by atoms with Crippen molar-refractivity contribution in [3.05, 3.63) is 193 Å². The summed E-state index contributed by atoms with van der Waals surface area (Å²) in [4.78, 5) is 48.6. The molecule has 2 aliphatic carbocycles. The second-order valence-electron chi connectivity index (χ2n) is 28.0. The topological polar surface area (TPSA) is 278 Å². The molecule has 8 aromatic rings. The van der Waals surface area contributed by atoms with Gasteiger partial charge in [-0.15, -0.1) is 0 Å². The van der Waals surface area contributed by atoms with Crippen molar-refractivity contribution < 1.29 is 99.6 Å². The summed E-state index contributed by atoms with van der Waals surface area (Å²) in [6.07, 6.45) is 3.36. The lowest BCUT2D eigenvalue weighted by molar-refractivity contribution is -0.193. The summed E-state index contributed by atoms with van der Waals surface area (Å²) in [5.74, 6) is -13.7. The van der Waals surface area contributed by atoms with E-state index in [0.29, 0.717) is 73.6 Å². The van der Waals surface area contributed by atoms with Crippen LogP contribution in [0, 0.1) is 0 Å².